The van der Waals surface area contributed by atoms with E-state index in [-0.39, 0.29) is 15.6 Å². The molecule has 1 aliphatic heterocycles. The molecule has 2 amide bonds. The number of amides is 2. The molecule has 160 valence electrons. The highest BCUT2D eigenvalue weighted by Crippen LogP contribution is 2.32. The van der Waals surface area contributed by atoms with Crippen LogP contribution in [0.25, 0.3) is 6.08 Å². The largest absolute Gasteiger partial charge is 0.372 e. The van der Waals surface area contributed by atoms with Gasteiger partial charge in [-0.25, -0.2) is 0 Å². The minimum absolute atomic E-state index is 0.0548. The Morgan fingerprint density at radius 3 is 2.52 bits per heavy atom. The zero-order valence-electron chi connectivity index (χ0n) is 16.9. The summed E-state index contributed by atoms with van der Waals surface area (Å²) in [6.07, 6.45) is 1.71. The lowest BCUT2D eigenvalue weighted by Crippen LogP contribution is -2.44. The van der Waals surface area contributed by atoms with Crippen LogP contribution >= 0.6 is 24.0 Å². The zero-order chi connectivity index (χ0) is 22.5. The molecule has 10 heteroatoms. The van der Waals surface area contributed by atoms with Crippen LogP contribution < -0.4 is 10.3 Å². The van der Waals surface area contributed by atoms with Gasteiger partial charge in [-0.2, -0.15) is 5.01 Å². The molecular formula is C21H20N4O4S2. The number of nitro groups is 1. The number of benzene rings is 2. The van der Waals surface area contributed by atoms with Gasteiger partial charge in [-0.05, 0) is 55.9 Å². The molecule has 0 atom stereocenters. The van der Waals surface area contributed by atoms with E-state index in [9.17, 15) is 19.7 Å². The van der Waals surface area contributed by atoms with Crippen molar-refractivity contribution in [1.29, 1.82) is 0 Å². The molecule has 2 aromatic carbocycles. The van der Waals surface area contributed by atoms with E-state index < -0.39 is 16.7 Å². The number of hydrazine groups is 1. The van der Waals surface area contributed by atoms with Gasteiger partial charge in [0, 0.05) is 36.5 Å². The van der Waals surface area contributed by atoms with Crippen molar-refractivity contribution in [2.75, 3.05) is 18.0 Å². The van der Waals surface area contributed by atoms with Crippen LogP contribution in [0.1, 0.15) is 29.8 Å². The minimum Gasteiger partial charge on any atom is -0.372 e. The molecule has 0 aliphatic carbocycles. The van der Waals surface area contributed by atoms with Gasteiger partial charge in [0.1, 0.15) is 0 Å². The monoisotopic (exact) mass is 456 g/mol. The molecule has 0 unspecified atom stereocenters. The normalized spacial score (nSPS) is 14.8. The second-order valence-corrected chi connectivity index (χ2v) is 8.21. The Hall–Kier alpha value is -3.24. The molecule has 0 radical (unpaired) electrons. The van der Waals surface area contributed by atoms with Crippen LogP contribution in [0.2, 0.25) is 0 Å². The highest BCUT2D eigenvalue weighted by molar-refractivity contribution is 8.26. The van der Waals surface area contributed by atoms with E-state index in [1.165, 1.54) is 18.2 Å². The number of non-ortho nitro benzene ring substituents is 1. The van der Waals surface area contributed by atoms with E-state index in [4.69, 9.17) is 12.2 Å². The highest BCUT2D eigenvalue weighted by atomic mass is 32.2. The lowest BCUT2D eigenvalue weighted by atomic mass is 10.1. The molecule has 1 N–H and O–H groups in total. The third-order valence-electron chi connectivity index (χ3n) is 4.65. The van der Waals surface area contributed by atoms with Crippen LogP contribution in [0.4, 0.5) is 11.4 Å². The van der Waals surface area contributed by atoms with Crippen LogP contribution in [0, 0.1) is 10.1 Å². The fraction of sp³-hybridized carbons (Fsp3) is 0.190. The smallest absolute Gasteiger partial charge is 0.285 e. The zero-order valence-corrected chi connectivity index (χ0v) is 18.5. The molecule has 1 aliphatic rings. The summed E-state index contributed by atoms with van der Waals surface area (Å²) >= 11 is 6.31. The summed E-state index contributed by atoms with van der Waals surface area (Å²) in [4.78, 5) is 38.1. The van der Waals surface area contributed by atoms with Crippen LogP contribution in [0.5, 0.6) is 0 Å². The van der Waals surface area contributed by atoms with Crippen molar-refractivity contribution >= 4 is 57.6 Å². The first kappa shape index (κ1) is 22.4. The van der Waals surface area contributed by atoms with Crippen LogP contribution in [-0.2, 0) is 4.79 Å². The quantitative estimate of drug-likeness (QED) is 0.291. The van der Waals surface area contributed by atoms with E-state index in [0.717, 1.165) is 47.2 Å². The minimum atomic E-state index is -0.662. The van der Waals surface area contributed by atoms with E-state index in [1.807, 2.05) is 24.3 Å². The second kappa shape index (κ2) is 9.71. The summed E-state index contributed by atoms with van der Waals surface area (Å²) < 4.78 is 0.176. The Kier molecular flexibility index (Phi) is 7.03. The first-order valence-corrected chi connectivity index (χ1v) is 10.7. The number of hydrogen-bond donors (Lipinski definition) is 1. The molecule has 1 fully saturated rings. The molecule has 0 bridgehead atoms. The number of nitrogens with one attached hydrogen (secondary N) is 1. The van der Waals surface area contributed by atoms with Gasteiger partial charge in [0.25, 0.3) is 17.5 Å². The van der Waals surface area contributed by atoms with Gasteiger partial charge in [-0.1, -0.05) is 30.0 Å². The third-order valence-corrected chi connectivity index (χ3v) is 5.95. The molecule has 8 nitrogen and oxygen atoms in total. The lowest BCUT2D eigenvalue weighted by molar-refractivity contribution is -0.384. The number of thioether (sulfide) groups is 1. The molecule has 0 saturated carbocycles. The maximum Gasteiger partial charge on any atom is 0.285 e. The van der Waals surface area contributed by atoms with E-state index >= 15 is 0 Å². The van der Waals surface area contributed by atoms with Crippen molar-refractivity contribution in [1.82, 2.24) is 10.4 Å². The third kappa shape index (κ3) is 5.09. The topological polar surface area (TPSA) is 95.8 Å². The molecule has 0 spiro atoms. The molecule has 31 heavy (non-hydrogen) atoms. The number of nitrogens with zero attached hydrogens (tertiary/aromatic N) is 3. The Morgan fingerprint density at radius 2 is 1.90 bits per heavy atom. The fourth-order valence-corrected chi connectivity index (χ4v) is 4.19. The Morgan fingerprint density at radius 1 is 1.23 bits per heavy atom. The average molecular weight is 457 g/mol. The van der Waals surface area contributed by atoms with Crippen molar-refractivity contribution in [3.8, 4) is 0 Å². The number of rotatable bonds is 7. The maximum atomic E-state index is 12.7. The number of hydrogen-bond acceptors (Lipinski definition) is 7. The predicted octanol–water partition coefficient (Wildman–Crippen LogP) is 3.99. The second-order valence-electron chi connectivity index (χ2n) is 6.53. The van der Waals surface area contributed by atoms with Crippen molar-refractivity contribution in [3.05, 3.63) is 74.7 Å². The molecule has 1 heterocycles. The molecular weight excluding hydrogens is 436 g/mol. The summed E-state index contributed by atoms with van der Waals surface area (Å²) in [5, 5.41) is 11.9. The molecule has 3 rings (SSSR count). The summed E-state index contributed by atoms with van der Waals surface area (Å²) in [5.41, 5.74) is 4.20. The number of carbonyl (C=O) groups excluding carboxylic acids is 2. The highest BCUT2D eigenvalue weighted by Gasteiger charge is 2.34. The summed E-state index contributed by atoms with van der Waals surface area (Å²) in [5.74, 6) is -1.12. The van der Waals surface area contributed by atoms with Crippen molar-refractivity contribution in [2.45, 2.75) is 13.8 Å². The van der Waals surface area contributed by atoms with E-state index in [0.29, 0.717) is 4.91 Å². The van der Waals surface area contributed by atoms with Gasteiger partial charge in [0.2, 0.25) is 0 Å². The van der Waals surface area contributed by atoms with Gasteiger partial charge in [-0.15, -0.1) is 0 Å². The predicted molar refractivity (Wildman–Crippen MR) is 126 cm³/mol. The maximum absolute atomic E-state index is 12.7. The van der Waals surface area contributed by atoms with Gasteiger partial charge < -0.3 is 4.90 Å². The first-order chi connectivity index (χ1) is 14.8. The standard InChI is InChI=1S/C21H20N4O4S2/c1-3-23(4-2)16-10-8-14(9-11-16)12-18-20(27)24(21(30)31-18)22-19(26)15-6-5-7-17(13-15)25(28)29/h5-13H,3-4H2,1-2H3,(H,22,26)/b18-12+. The number of nitro benzene ring substituents is 1. The van der Waals surface area contributed by atoms with Crippen LogP contribution in [0.15, 0.2) is 53.4 Å². The number of thiocarbonyl (C=S) groups is 1. The van der Waals surface area contributed by atoms with Gasteiger partial charge in [-0.3, -0.25) is 25.1 Å². The van der Waals surface area contributed by atoms with Crippen molar-refractivity contribution in [3.63, 3.8) is 0 Å². The summed E-state index contributed by atoms with van der Waals surface area (Å²) in [6, 6.07) is 13.1. The van der Waals surface area contributed by atoms with Crippen molar-refractivity contribution < 1.29 is 14.5 Å². The van der Waals surface area contributed by atoms with Crippen LogP contribution in [0.3, 0.4) is 0 Å². The van der Waals surface area contributed by atoms with E-state index in [1.54, 1.807) is 6.08 Å². The van der Waals surface area contributed by atoms with Gasteiger partial charge in [0.05, 0.1) is 9.83 Å². The Balaban J connectivity index is 1.74. The average Bonchev–Trinajstić information content (AvgIpc) is 3.03. The SMILES string of the molecule is CCN(CC)c1ccc(/C=C2/SC(=S)N(NC(=O)c3cccc([N+](=O)[O-])c3)C2=O)cc1. The Bertz CT molecular complexity index is 1070. The van der Waals surface area contributed by atoms with Gasteiger partial charge >= 0.3 is 0 Å². The van der Waals surface area contributed by atoms with Crippen LogP contribution in [-0.4, -0.2) is 39.2 Å². The number of anilines is 1. The van der Waals surface area contributed by atoms with E-state index in [2.05, 4.69) is 24.2 Å². The molecule has 0 aromatic heterocycles. The summed E-state index contributed by atoms with van der Waals surface area (Å²) in [6.45, 7) is 5.98. The lowest BCUT2D eigenvalue weighted by Gasteiger charge is -2.20. The molecule has 1 saturated heterocycles. The fourth-order valence-electron chi connectivity index (χ4n) is 3.01. The number of carbonyl (C=O) groups is 2. The van der Waals surface area contributed by atoms with Gasteiger partial charge in [0.15, 0.2) is 4.32 Å². The summed E-state index contributed by atoms with van der Waals surface area (Å²) in [7, 11) is 0. The Labute approximate surface area is 189 Å². The van der Waals surface area contributed by atoms with Crippen molar-refractivity contribution in [2.24, 2.45) is 0 Å². The first-order valence-electron chi connectivity index (χ1n) is 9.52. The molecule has 2 aromatic rings.